The van der Waals surface area contributed by atoms with Gasteiger partial charge in [0.15, 0.2) is 0 Å². The topological polar surface area (TPSA) is 181 Å². The molecule has 13 nitrogen and oxygen atoms in total. The van der Waals surface area contributed by atoms with Crippen LogP contribution < -0.4 is 21.4 Å². The Bertz CT molecular complexity index is 1930. The van der Waals surface area contributed by atoms with E-state index in [9.17, 15) is 33.9 Å². The molecular formula is C40H50FN5O8. The average Bonchev–Trinajstić information content (AvgIpc) is 3.13. The Morgan fingerprint density at radius 3 is 2.30 bits per heavy atom. The first-order chi connectivity index (χ1) is 25.9. The van der Waals surface area contributed by atoms with Gasteiger partial charge in [0.05, 0.1) is 16.6 Å². The fraction of sp³-hybridized carbons (Fsp3) is 0.500. The number of hydrogen-bond acceptors (Lipinski definition) is 9. The number of amides is 2. The Hall–Kier alpha value is -5.11. The average molecular weight is 748 g/mol. The Morgan fingerprint density at radius 2 is 1.70 bits per heavy atom. The molecule has 1 aliphatic heterocycles. The number of unbranched alkanes of at least 4 members (excludes halogenated alkanes) is 1. The number of piperazine rings is 1. The van der Waals surface area contributed by atoms with Crippen LogP contribution in [0, 0.1) is 17.2 Å². The summed E-state index contributed by atoms with van der Waals surface area (Å²) in [5.74, 6) is -3.05. The van der Waals surface area contributed by atoms with Gasteiger partial charge >= 0.3 is 12.1 Å². The quantitative estimate of drug-likeness (QED) is 0.118. The zero-order valence-corrected chi connectivity index (χ0v) is 31.0. The first kappa shape index (κ1) is 40.1. The van der Waals surface area contributed by atoms with Gasteiger partial charge in [-0.15, -0.1) is 0 Å². The van der Waals surface area contributed by atoms with Crippen LogP contribution in [0.15, 0.2) is 47.4 Å². The molecule has 2 aliphatic rings. The predicted molar refractivity (Wildman–Crippen MR) is 202 cm³/mol. The minimum atomic E-state index is -1.37. The van der Waals surface area contributed by atoms with Crippen molar-refractivity contribution in [1.82, 2.24) is 9.47 Å². The van der Waals surface area contributed by atoms with E-state index in [4.69, 9.17) is 10.5 Å². The maximum absolute atomic E-state index is 15.3. The van der Waals surface area contributed by atoms with Crippen molar-refractivity contribution in [2.45, 2.75) is 84.8 Å². The summed E-state index contributed by atoms with van der Waals surface area (Å²) >= 11 is 0. The van der Waals surface area contributed by atoms with Crippen molar-refractivity contribution in [2.24, 2.45) is 17.1 Å². The number of hydrogen-bond donors (Lipinski definition) is 3. The number of rotatable bonds is 17. The lowest BCUT2D eigenvalue weighted by Crippen LogP contribution is -2.49. The number of carboxylic acids is 1. The van der Waals surface area contributed by atoms with Gasteiger partial charge in [0.1, 0.15) is 29.6 Å². The fourth-order valence-electron chi connectivity index (χ4n) is 7.34. The summed E-state index contributed by atoms with van der Waals surface area (Å²) in [6.45, 7) is 5.72. The summed E-state index contributed by atoms with van der Waals surface area (Å²) in [5.41, 5.74) is 5.47. The number of nitrogens with zero attached hydrogens (tertiary/aromatic N) is 3. The van der Waals surface area contributed by atoms with Crippen molar-refractivity contribution in [3.05, 3.63) is 69.8 Å². The number of Topliss-reactive ketones (excluding diaryl/α,β-unsaturated/α-hetero) is 2. The number of benzene rings is 2. The number of halogens is 1. The zero-order chi connectivity index (χ0) is 39.0. The highest BCUT2D eigenvalue weighted by Gasteiger charge is 2.49. The van der Waals surface area contributed by atoms with Gasteiger partial charge in [-0.1, -0.05) is 31.9 Å². The van der Waals surface area contributed by atoms with E-state index >= 15 is 4.39 Å². The predicted octanol–water partition coefficient (Wildman–Crippen LogP) is 5.50. The smallest absolute Gasteiger partial charge is 0.410 e. The Labute approximate surface area is 313 Å². The monoisotopic (exact) mass is 747 g/mol. The molecular weight excluding hydrogens is 697 g/mol. The SMILES string of the molecule is CCCC(=O)C1(C(=O)C[C@@H](CCCCN)C(=O)Nc2ccc(COC(=O)N3CCN(c4cc5c(cc4F)c(=O)c(C(=O)O)cn5CC)CC3)cc2)CCC1. The molecule has 290 valence electrons. The number of pyridine rings is 1. The molecule has 1 aromatic heterocycles. The van der Waals surface area contributed by atoms with Crippen LogP contribution in [0.3, 0.4) is 0 Å². The summed E-state index contributed by atoms with van der Waals surface area (Å²) in [7, 11) is 0. The highest BCUT2D eigenvalue weighted by Crippen LogP contribution is 2.45. The molecule has 0 radical (unpaired) electrons. The van der Waals surface area contributed by atoms with Crippen LogP contribution >= 0.6 is 0 Å². The van der Waals surface area contributed by atoms with Crippen molar-refractivity contribution in [1.29, 1.82) is 0 Å². The van der Waals surface area contributed by atoms with Crippen molar-refractivity contribution in [3.8, 4) is 0 Å². The van der Waals surface area contributed by atoms with Gasteiger partial charge < -0.3 is 35.3 Å². The lowest BCUT2D eigenvalue weighted by Gasteiger charge is -2.39. The number of nitrogens with one attached hydrogen (secondary N) is 1. The second kappa shape index (κ2) is 17.8. The standard InChI is InChI=1S/C40H50FN5O8/c1-3-8-34(47)40(14-7-15-40)35(48)21-27(9-5-6-16-42)37(50)43-28-12-10-26(11-13-28)25-54-39(53)46-19-17-45(18-20-46)33-23-32-29(22-31(33)41)36(49)30(38(51)52)24-44(32)4-2/h10-13,22-24,27H,3-9,14-21,25,42H2,1-2H3,(H,43,50)(H,51,52)/t27-/m1/s1. The van der Waals surface area contributed by atoms with Gasteiger partial charge in [-0.25, -0.2) is 14.0 Å². The summed E-state index contributed by atoms with van der Waals surface area (Å²) in [6.07, 6.45) is 5.66. The van der Waals surface area contributed by atoms with Crippen LogP contribution in [0.2, 0.25) is 0 Å². The molecule has 0 unspecified atom stereocenters. The first-order valence-corrected chi connectivity index (χ1v) is 18.9. The number of anilines is 2. The Morgan fingerprint density at radius 1 is 1.00 bits per heavy atom. The number of aryl methyl sites for hydroxylation is 1. The number of aromatic carboxylic acids is 1. The van der Waals surface area contributed by atoms with Crippen molar-refractivity contribution < 1.29 is 38.2 Å². The summed E-state index contributed by atoms with van der Waals surface area (Å²) in [6, 6.07) is 9.50. The largest absolute Gasteiger partial charge is 0.477 e. The van der Waals surface area contributed by atoms with Crippen LogP contribution in [0.5, 0.6) is 0 Å². The molecule has 1 saturated carbocycles. The third-order valence-electron chi connectivity index (χ3n) is 10.7. The van der Waals surface area contributed by atoms with Crippen LogP contribution in [0.1, 0.15) is 87.6 Å². The van der Waals surface area contributed by atoms with Gasteiger partial charge in [0.25, 0.3) is 0 Å². The molecule has 3 aromatic rings. The van der Waals surface area contributed by atoms with Gasteiger partial charge in [0.2, 0.25) is 11.3 Å². The minimum Gasteiger partial charge on any atom is -0.477 e. The number of ether oxygens (including phenoxy) is 1. The van der Waals surface area contributed by atoms with E-state index in [1.165, 1.54) is 11.1 Å². The number of aromatic nitrogens is 1. The first-order valence-electron chi connectivity index (χ1n) is 18.9. The molecule has 2 aromatic carbocycles. The maximum Gasteiger partial charge on any atom is 0.410 e. The van der Waals surface area contributed by atoms with Gasteiger partial charge in [-0.05, 0) is 75.4 Å². The van der Waals surface area contributed by atoms with E-state index in [1.807, 2.05) is 6.92 Å². The van der Waals surface area contributed by atoms with Crippen molar-refractivity contribution >= 4 is 51.8 Å². The summed E-state index contributed by atoms with van der Waals surface area (Å²) < 4.78 is 22.4. The van der Waals surface area contributed by atoms with Crippen molar-refractivity contribution in [2.75, 3.05) is 42.9 Å². The van der Waals surface area contributed by atoms with Gasteiger partial charge in [0, 0.05) is 68.8 Å². The van der Waals surface area contributed by atoms with Crippen LogP contribution in [-0.4, -0.2) is 76.8 Å². The molecule has 2 fully saturated rings. The summed E-state index contributed by atoms with van der Waals surface area (Å²) in [5, 5.41) is 12.3. The molecule has 0 spiro atoms. The number of carbonyl (C=O) groups is 5. The third-order valence-corrected chi connectivity index (χ3v) is 10.7. The Kier molecular flexibility index (Phi) is 13.2. The number of fused-ring (bicyclic) bond motifs is 1. The van der Waals surface area contributed by atoms with Gasteiger partial charge in [-0.2, -0.15) is 0 Å². The van der Waals surface area contributed by atoms with E-state index in [0.29, 0.717) is 81.5 Å². The number of carboxylic acid groups (broad SMARTS) is 1. The third kappa shape index (κ3) is 8.81. The molecule has 1 aliphatic carbocycles. The molecule has 1 saturated heterocycles. The molecule has 1 atom stereocenters. The van der Waals surface area contributed by atoms with Crippen LogP contribution in [0.25, 0.3) is 10.9 Å². The Balaban J connectivity index is 1.14. The molecule has 5 rings (SSSR count). The second-order valence-corrected chi connectivity index (χ2v) is 14.2. The number of carbonyl (C=O) groups excluding carboxylic acids is 4. The van der Waals surface area contributed by atoms with E-state index in [1.54, 1.807) is 46.7 Å². The zero-order valence-electron chi connectivity index (χ0n) is 31.0. The van der Waals surface area contributed by atoms with E-state index in [2.05, 4.69) is 5.32 Å². The molecule has 4 N–H and O–H groups in total. The molecule has 2 amide bonds. The molecule has 0 bridgehead atoms. The molecule has 14 heteroatoms. The fourth-order valence-corrected chi connectivity index (χ4v) is 7.34. The van der Waals surface area contributed by atoms with E-state index < -0.39 is 40.2 Å². The van der Waals surface area contributed by atoms with Crippen molar-refractivity contribution in [3.63, 3.8) is 0 Å². The highest BCUT2D eigenvalue weighted by molar-refractivity contribution is 6.09. The molecule has 54 heavy (non-hydrogen) atoms. The second-order valence-electron chi connectivity index (χ2n) is 14.2. The lowest BCUT2D eigenvalue weighted by atomic mass is 9.61. The van der Waals surface area contributed by atoms with Crippen LogP contribution in [0.4, 0.5) is 20.6 Å². The normalized spacial score (nSPS) is 15.7. The lowest BCUT2D eigenvalue weighted by molar-refractivity contribution is -0.148. The van der Waals surface area contributed by atoms with E-state index in [-0.39, 0.29) is 54.7 Å². The van der Waals surface area contributed by atoms with E-state index in [0.717, 1.165) is 18.9 Å². The maximum atomic E-state index is 15.3. The number of ketones is 2. The molecule has 2 heterocycles. The number of nitrogens with two attached hydrogens (primary N) is 1. The van der Waals surface area contributed by atoms with Gasteiger partial charge in [-0.3, -0.25) is 19.2 Å². The summed E-state index contributed by atoms with van der Waals surface area (Å²) in [4.78, 5) is 80.2. The van der Waals surface area contributed by atoms with Crippen LogP contribution in [-0.2, 0) is 32.3 Å². The minimum absolute atomic E-state index is 0.0104. The highest BCUT2D eigenvalue weighted by atomic mass is 19.1.